The van der Waals surface area contributed by atoms with Gasteiger partial charge < -0.3 is 4.74 Å². The molecule has 108 valence electrons. The van der Waals surface area contributed by atoms with Crippen LogP contribution in [0.25, 0.3) is 28.1 Å². The monoisotopic (exact) mass is 310 g/mol. The van der Waals surface area contributed by atoms with Crippen molar-refractivity contribution in [2.75, 3.05) is 7.11 Å². The molecule has 2 heterocycles. The SMILES string of the molecule is COc1nc2ccccc2n2c(-c3ccc(Cl)cc3)nnc12. The van der Waals surface area contributed by atoms with Gasteiger partial charge in [0.05, 0.1) is 18.1 Å². The zero-order valence-corrected chi connectivity index (χ0v) is 12.4. The molecule has 0 radical (unpaired) electrons. The fourth-order valence-corrected chi connectivity index (χ4v) is 2.61. The molecule has 0 bridgehead atoms. The number of hydrogen-bond acceptors (Lipinski definition) is 4. The molecule has 4 rings (SSSR count). The summed E-state index contributed by atoms with van der Waals surface area (Å²) in [5.74, 6) is 1.18. The van der Waals surface area contributed by atoms with Crippen LogP contribution in [-0.2, 0) is 0 Å². The van der Waals surface area contributed by atoms with Crippen LogP contribution in [0.3, 0.4) is 0 Å². The predicted octanol–water partition coefficient (Wildman–Crippen LogP) is 3.61. The second kappa shape index (κ2) is 4.96. The zero-order chi connectivity index (χ0) is 15.1. The average Bonchev–Trinajstić information content (AvgIpc) is 3.00. The van der Waals surface area contributed by atoms with Gasteiger partial charge in [0.25, 0.3) is 5.88 Å². The Balaban J connectivity index is 2.12. The van der Waals surface area contributed by atoms with Crippen LogP contribution in [0, 0.1) is 0 Å². The molecule has 2 aromatic heterocycles. The highest BCUT2D eigenvalue weighted by Crippen LogP contribution is 2.28. The molecule has 0 aliphatic heterocycles. The van der Waals surface area contributed by atoms with E-state index in [1.54, 1.807) is 7.11 Å². The van der Waals surface area contributed by atoms with Crippen molar-refractivity contribution in [3.05, 3.63) is 53.6 Å². The summed E-state index contributed by atoms with van der Waals surface area (Å²) in [6.45, 7) is 0. The number of nitrogens with zero attached hydrogens (tertiary/aromatic N) is 4. The Morgan fingerprint density at radius 1 is 1.00 bits per heavy atom. The van der Waals surface area contributed by atoms with Crippen molar-refractivity contribution < 1.29 is 4.74 Å². The first-order chi connectivity index (χ1) is 10.8. The van der Waals surface area contributed by atoms with Gasteiger partial charge in [-0.1, -0.05) is 23.7 Å². The Morgan fingerprint density at radius 2 is 1.77 bits per heavy atom. The third-order valence-electron chi connectivity index (χ3n) is 3.49. The van der Waals surface area contributed by atoms with Gasteiger partial charge in [-0.05, 0) is 36.4 Å². The summed E-state index contributed by atoms with van der Waals surface area (Å²) in [6.07, 6.45) is 0. The summed E-state index contributed by atoms with van der Waals surface area (Å²) in [5.41, 5.74) is 3.26. The average molecular weight is 311 g/mol. The standard InChI is InChI=1S/C16H11ClN4O/c1-22-16-15-20-19-14(10-6-8-11(17)9-7-10)21(15)13-5-3-2-4-12(13)18-16/h2-9H,1H3. The molecule has 0 N–H and O–H groups in total. The van der Waals surface area contributed by atoms with Gasteiger partial charge in [-0.3, -0.25) is 4.40 Å². The highest BCUT2D eigenvalue weighted by Gasteiger charge is 2.16. The van der Waals surface area contributed by atoms with Gasteiger partial charge in [0, 0.05) is 10.6 Å². The molecule has 0 spiro atoms. The van der Waals surface area contributed by atoms with Gasteiger partial charge in [0.15, 0.2) is 5.82 Å². The van der Waals surface area contributed by atoms with Crippen LogP contribution in [0.2, 0.25) is 5.02 Å². The molecule has 22 heavy (non-hydrogen) atoms. The molecule has 2 aromatic carbocycles. The van der Waals surface area contributed by atoms with Gasteiger partial charge in [-0.2, -0.15) is 0 Å². The normalized spacial score (nSPS) is 11.2. The van der Waals surface area contributed by atoms with Gasteiger partial charge >= 0.3 is 0 Å². The number of aromatic nitrogens is 4. The van der Waals surface area contributed by atoms with Crippen molar-refractivity contribution in [3.8, 4) is 17.3 Å². The number of hydrogen-bond donors (Lipinski definition) is 0. The molecule has 0 unspecified atom stereocenters. The number of ether oxygens (including phenoxy) is 1. The number of fused-ring (bicyclic) bond motifs is 3. The number of rotatable bonds is 2. The Hall–Kier alpha value is -2.66. The smallest absolute Gasteiger partial charge is 0.260 e. The summed E-state index contributed by atoms with van der Waals surface area (Å²) in [4.78, 5) is 4.48. The first kappa shape index (κ1) is 13.0. The Bertz CT molecular complexity index is 979. The van der Waals surface area contributed by atoms with Crippen molar-refractivity contribution in [1.29, 1.82) is 0 Å². The third-order valence-corrected chi connectivity index (χ3v) is 3.75. The van der Waals surface area contributed by atoms with E-state index in [2.05, 4.69) is 15.2 Å². The van der Waals surface area contributed by atoms with E-state index in [1.165, 1.54) is 0 Å². The molecule has 5 nitrogen and oxygen atoms in total. The molecule has 0 aliphatic rings. The van der Waals surface area contributed by atoms with Gasteiger partial charge in [-0.15, -0.1) is 10.2 Å². The minimum atomic E-state index is 0.450. The Kier molecular flexibility index (Phi) is 2.94. The first-order valence-electron chi connectivity index (χ1n) is 6.72. The highest BCUT2D eigenvalue weighted by molar-refractivity contribution is 6.30. The second-order valence-corrected chi connectivity index (χ2v) is 5.24. The number of methoxy groups -OCH3 is 1. The lowest BCUT2D eigenvalue weighted by Gasteiger charge is -2.07. The van der Waals surface area contributed by atoms with E-state index in [9.17, 15) is 0 Å². The second-order valence-electron chi connectivity index (χ2n) is 4.80. The maximum absolute atomic E-state index is 5.96. The van der Waals surface area contributed by atoms with E-state index in [-0.39, 0.29) is 0 Å². The predicted molar refractivity (Wildman–Crippen MR) is 85.3 cm³/mol. The summed E-state index contributed by atoms with van der Waals surface area (Å²) in [5, 5.41) is 9.22. The van der Waals surface area contributed by atoms with Crippen LogP contribution in [-0.4, -0.2) is 26.7 Å². The van der Waals surface area contributed by atoms with Crippen LogP contribution in [0.5, 0.6) is 5.88 Å². The lowest BCUT2D eigenvalue weighted by atomic mass is 10.2. The van der Waals surface area contributed by atoms with Gasteiger partial charge in [0.2, 0.25) is 5.65 Å². The largest absolute Gasteiger partial charge is 0.478 e. The van der Waals surface area contributed by atoms with Crippen molar-refractivity contribution in [3.63, 3.8) is 0 Å². The van der Waals surface area contributed by atoms with E-state index in [0.29, 0.717) is 16.5 Å². The molecule has 0 atom stereocenters. The van der Waals surface area contributed by atoms with Crippen molar-refractivity contribution >= 4 is 28.3 Å². The van der Waals surface area contributed by atoms with Crippen LogP contribution in [0.4, 0.5) is 0 Å². The lowest BCUT2D eigenvalue weighted by molar-refractivity contribution is 0.402. The highest BCUT2D eigenvalue weighted by atomic mass is 35.5. The van der Waals surface area contributed by atoms with E-state index in [4.69, 9.17) is 16.3 Å². The maximum atomic E-state index is 5.96. The topological polar surface area (TPSA) is 52.3 Å². The van der Waals surface area contributed by atoms with Crippen molar-refractivity contribution in [2.24, 2.45) is 0 Å². The van der Waals surface area contributed by atoms with E-state index < -0.39 is 0 Å². The summed E-state index contributed by atoms with van der Waals surface area (Å²) < 4.78 is 7.30. The molecular weight excluding hydrogens is 300 g/mol. The summed E-state index contributed by atoms with van der Waals surface area (Å²) in [6, 6.07) is 15.3. The van der Waals surface area contributed by atoms with Crippen molar-refractivity contribution in [2.45, 2.75) is 0 Å². The van der Waals surface area contributed by atoms with Gasteiger partial charge in [-0.25, -0.2) is 4.98 Å². The Morgan fingerprint density at radius 3 is 2.55 bits per heavy atom. The first-order valence-corrected chi connectivity index (χ1v) is 7.09. The van der Waals surface area contributed by atoms with E-state index in [0.717, 1.165) is 22.4 Å². The molecule has 0 amide bonds. The van der Waals surface area contributed by atoms with Crippen LogP contribution in [0.1, 0.15) is 0 Å². The van der Waals surface area contributed by atoms with E-state index in [1.807, 2.05) is 52.9 Å². The van der Waals surface area contributed by atoms with E-state index >= 15 is 0 Å². The molecule has 0 saturated carbocycles. The van der Waals surface area contributed by atoms with Crippen LogP contribution < -0.4 is 4.74 Å². The number of benzene rings is 2. The quantitative estimate of drug-likeness (QED) is 0.567. The molecule has 0 fully saturated rings. The molecule has 0 saturated heterocycles. The zero-order valence-electron chi connectivity index (χ0n) is 11.7. The Labute approximate surface area is 131 Å². The fraction of sp³-hybridized carbons (Fsp3) is 0.0625. The fourth-order valence-electron chi connectivity index (χ4n) is 2.48. The van der Waals surface area contributed by atoms with Gasteiger partial charge in [0.1, 0.15) is 0 Å². The van der Waals surface area contributed by atoms with Crippen molar-refractivity contribution in [1.82, 2.24) is 19.6 Å². The third kappa shape index (κ3) is 1.90. The lowest BCUT2D eigenvalue weighted by Crippen LogP contribution is -1.98. The minimum absolute atomic E-state index is 0.450. The molecule has 6 heteroatoms. The molecular formula is C16H11ClN4O. The van der Waals surface area contributed by atoms with Crippen LogP contribution >= 0.6 is 11.6 Å². The maximum Gasteiger partial charge on any atom is 0.260 e. The summed E-state index contributed by atoms with van der Waals surface area (Å²) >= 11 is 5.96. The minimum Gasteiger partial charge on any atom is -0.478 e. The molecule has 0 aliphatic carbocycles. The number of para-hydroxylation sites is 2. The van der Waals surface area contributed by atoms with Crippen LogP contribution in [0.15, 0.2) is 48.5 Å². The number of halogens is 1. The molecule has 4 aromatic rings. The summed E-state index contributed by atoms with van der Waals surface area (Å²) in [7, 11) is 1.58.